The summed E-state index contributed by atoms with van der Waals surface area (Å²) in [6, 6.07) is 12.8. The van der Waals surface area contributed by atoms with Crippen molar-refractivity contribution in [3.05, 3.63) is 69.9 Å². The molecule has 0 saturated carbocycles. The number of anilines is 2. The smallest absolute Gasteiger partial charge is 0.260 e. The number of carbonyl (C=O) groups excluding carboxylic acids is 2. The molecule has 28 heavy (non-hydrogen) atoms. The molecule has 0 bridgehead atoms. The first kappa shape index (κ1) is 18.5. The second kappa shape index (κ2) is 7.65. The van der Waals surface area contributed by atoms with Crippen LogP contribution in [-0.2, 0) is 4.79 Å². The number of carbonyl (C=O) groups is 2. The number of nitrogens with zero attached hydrogens (tertiary/aromatic N) is 3. The third kappa shape index (κ3) is 3.74. The van der Waals surface area contributed by atoms with Crippen LogP contribution in [0, 0.1) is 5.82 Å². The van der Waals surface area contributed by atoms with Gasteiger partial charge in [-0.3, -0.25) is 14.9 Å². The van der Waals surface area contributed by atoms with Gasteiger partial charge in [0.2, 0.25) is 11.0 Å². The van der Waals surface area contributed by atoms with E-state index in [1.807, 2.05) is 0 Å². The first-order valence-corrected chi connectivity index (χ1v) is 9.66. The Morgan fingerprint density at radius 3 is 2.68 bits per heavy atom. The predicted octanol–water partition coefficient (Wildman–Crippen LogP) is 4.10. The third-order valence-electron chi connectivity index (χ3n) is 4.39. The summed E-state index contributed by atoms with van der Waals surface area (Å²) in [6.07, 6.45) is 0.304. The molecular formula is C19H14ClFN4O2S. The fraction of sp³-hybridized carbons (Fsp3) is 0.158. The quantitative estimate of drug-likeness (QED) is 0.694. The van der Waals surface area contributed by atoms with E-state index in [0.717, 1.165) is 5.69 Å². The lowest BCUT2D eigenvalue weighted by Gasteiger charge is -2.16. The van der Waals surface area contributed by atoms with Crippen LogP contribution in [0.5, 0.6) is 0 Å². The highest BCUT2D eigenvalue weighted by Gasteiger charge is 2.34. The summed E-state index contributed by atoms with van der Waals surface area (Å²) in [5, 5.41) is 12.1. The Labute approximate surface area is 169 Å². The molecule has 1 atom stereocenters. The molecule has 1 N–H and O–H groups in total. The van der Waals surface area contributed by atoms with Crippen LogP contribution in [0.15, 0.2) is 48.5 Å². The fourth-order valence-corrected chi connectivity index (χ4v) is 3.96. The molecule has 2 aromatic carbocycles. The average molecular weight is 417 g/mol. The van der Waals surface area contributed by atoms with Gasteiger partial charge in [0.25, 0.3) is 5.91 Å². The number of rotatable bonds is 4. The molecule has 4 rings (SSSR count). The molecule has 1 fully saturated rings. The maximum atomic E-state index is 13.7. The van der Waals surface area contributed by atoms with Crippen molar-refractivity contribution in [2.75, 3.05) is 16.8 Å². The summed E-state index contributed by atoms with van der Waals surface area (Å²) in [6.45, 7) is 0.469. The number of hydrogen-bond donors (Lipinski definition) is 1. The Balaban J connectivity index is 1.46. The molecule has 2 heterocycles. The van der Waals surface area contributed by atoms with Gasteiger partial charge >= 0.3 is 0 Å². The van der Waals surface area contributed by atoms with E-state index in [0.29, 0.717) is 23.0 Å². The molecule has 1 aliphatic rings. The summed E-state index contributed by atoms with van der Waals surface area (Å²) < 4.78 is 13.7. The molecule has 1 unspecified atom stereocenters. The van der Waals surface area contributed by atoms with E-state index in [-0.39, 0.29) is 22.5 Å². The average Bonchev–Trinajstić information content (AvgIpc) is 3.29. The molecule has 0 aliphatic carbocycles. The highest BCUT2D eigenvalue weighted by atomic mass is 35.5. The first-order chi connectivity index (χ1) is 13.5. The van der Waals surface area contributed by atoms with Crippen molar-refractivity contribution < 1.29 is 14.0 Å². The zero-order valence-electron chi connectivity index (χ0n) is 14.4. The number of nitrogens with one attached hydrogen (secondary N) is 1. The Morgan fingerprint density at radius 1 is 1.18 bits per heavy atom. The molecule has 0 spiro atoms. The maximum absolute atomic E-state index is 13.7. The number of aromatic nitrogens is 2. The summed E-state index contributed by atoms with van der Waals surface area (Å²) in [5.74, 6) is -1.34. The minimum absolute atomic E-state index is 0.0144. The molecule has 3 aromatic rings. The molecule has 1 saturated heterocycles. The normalized spacial score (nSPS) is 16.4. The van der Waals surface area contributed by atoms with Gasteiger partial charge in [-0.05, 0) is 36.4 Å². The first-order valence-electron chi connectivity index (χ1n) is 8.46. The number of benzene rings is 2. The van der Waals surface area contributed by atoms with Crippen molar-refractivity contribution in [3.8, 4) is 0 Å². The van der Waals surface area contributed by atoms with E-state index in [9.17, 15) is 14.0 Å². The largest absolute Gasteiger partial charge is 0.312 e. The van der Waals surface area contributed by atoms with Crippen LogP contribution in [0.25, 0.3) is 0 Å². The van der Waals surface area contributed by atoms with Crippen LogP contribution in [0.3, 0.4) is 0 Å². The zero-order valence-corrected chi connectivity index (χ0v) is 16.0. The molecule has 0 radical (unpaired) electrons. The number of amides is 2. The highest BCUT2D eigenvalue weighted by Crippen LogP contribution is 2.34. The Morgan fingerprint density at radius 2 is 1.93 bits per heavy atom. The minimum atomic E-state index is -0.607. The van der Waals surface area contributed by atoms with Crippen molar-refractivity contribution >= 4 is 45.6 Å². The van der Waals surface area contributed by atoms with Gasteiger partial charge in [-0.1, -0.05) is 35.1 Å². The van der Waals surface area contributed by atoms with Gasteiger partial charge in [0.1, 0.15) is 10.8 Å². The third-order valence-corrected chi connectivity index (χ3v) is 5.65. The van der Waals surface area contributed by atoms with Crippen molar-refractivity contribution in [3.63, 3.8) is 0 Å². The topological polar surface area (TPSA) is 75.2 Å². The van der Waals surface area contributed by atoms with Crippen LogP contribution >= 0.6 is 22.9 Å². The van der Waals surface area contributed by atoms with E-state index in [2.05, 4.69) is 15.5 Å². The number of halogens is 2. The predicted molar refractivity (Wildman–Crippen MR) is 105 cm³/mol. The standard InChI is InChI=1S/C19H14ClFN4O2S/c20-12-5-7-13(8-6-12)25-10-11(9-16(25)26)18-23-24-19(28-18)22-17(27)14-3-1-2-4-15(14)21/h1-8,11H,9-10H2,(H,22,24,27). The van der Waals surface area contributed by atoms with Crippen molar-refractivity contribution in [2.24, 2.45) is 0 Å². The van der Waals surface area contributed by atoms with E-state index in [1.165, 1.54) is 29.5 Å². The molecule has 6 nitrogen and oxygen atoms in total. The van der Waals surface area contributed by atoms with Crippen LogP contribution in [0.2, 0.25) is 5.02 Å². The van der Waals surface area contributed by atoms with Gasteiger partial charge in [-0.15, -0.1) is 10.2 Å². The second-order valence-electron chi connectivity index (χ2n) is 6.26. The van der Waals surface area contributed by atoms with Gasteiger partial charge in [-0.2, -0.15) is 0 Å². The Kier molecular flexibility index (Phi) is 5.06. The van der Waals surface area contributed by atoms with Crippen LogP contribution < -0.4 is 10.2 Å². The SMILES string of the molecule is O=C(Nc1nnc(C2CC(=O)N(c3ccc(Cl)cc3)C2)s1)c1ccccc1F. The van der Waals surface area contributed by atoms with Gasteiger partial charge in [0, 0.05) is 29.6 Å². The van der Waals surface area contributed by atoms with Crippen LogP contribution in [0.1, 0.15) is 27.7 Å². The fourth-order valence-electron chi connectivity index (χ4n) is 3.00. The lowest BCUT2D eigenvalue weighted by Crippen LogP contribution is -2.24. The van der Waals surface area contributed by atoms with Gasteiger partial charge in [-0.25, -0.2) is 4.39 Å². The minimum Gasteiger partial charge on any atom is -0.312 e. The van der Waals surface area contributed by atoms with E-state index in [4.69, 9.17) is 11.6 Å². The molecule has 1 aromatic heterocycles. The summed E-state index contributed by atoms with van der Waals surface area (Å²) in [5.41, 5.74) is 0.707. The van der Waals surface area contributed by atoms with E-state index < -0.39 is 11.7 Å². The monoisotopic (exact) mass is 416 g/mol. The second-order valence-corrected chi connectivity index (χ2v) is 7.71. The number of hydrogen-bond acceptors (Lipinski definition) is 5. The summed E-state index contributed by atoms with van der Waals surface area (Å²) >= 11 is 7.08. The molecule has 142 valence electrons. The lowest BCUT2D eigenvalue weighted by atomic mass is 10.1. The molecular weight excluding hydrogens is 403 g/mol. The van der Waals surface area contributed by atoms with Crippen molar-refractivity contribution in [2.45, 2.75) is 12.3 Å². The maximum Gasteiger partial charge on any atom is 0.260 e. The van der Waals surface area contributed by atoms with Crippen LogP contribution in [0.4, 0.5) is 15.2 Å². The Hall–Kier alpha value is -2.84. The summed E-state index contributed by atoms with van der Waals surface area (Å²) in [4.78, 5) is 26.3. The molecule has 1 aliphatic heterocycles. The van der Waals surface area contributed by atoms with E-state index in [1.54, 1.807) is 35.2 Å². The zero-order chi connectivity index (χ0) is 19.7. The molecule has 2 amide bonds. The summed E-state index contributed by atoms with van der Waals surface area (Å²) in [7, 11) is 0. The lowest BCUT2D eigenvalue weighted by molar-refractivity contribution is -0.117. The highest BCUT2D eigenvalue weighted by molar-refractivity contribution is 7.15. The van der Waals surface area contributed by atoms with Crippen molar-refractivity contribution in [1.82, 2.24) is 10.2 Å². The van der Waals surface area contributed by atoms with E-state index >= 15 is 0 Å². The van der Waals surface area contributed by atoms with Gasteiger partial charge in [0.05, 0.1) is 5.56 Å². The van der Waals surface area contributed by atoms with Crippen LogP contribution in [-0.4, -0.2) is 28.6 Å². The van der Waals surface area contributed by atoms with Gasteiger partial charge in [0.15, 0.2) is 0 Å². The van der Waals surface area contributed by atoms with Crippen molar-refractivity contribution in [1.29, 1.82) is 0 Å². The molecule has 9 heteroatoms. The van der Waals surface area contributed by atoms with Gasteiger partial charge < -0.3 is 4.90 Å². The Bertz CT molecular complexity index is 1040.